The maximum atomic E-state index is 5.77. The van der Waals surface area contributed by atoms with E-state index in [0.29, 0.717) is 6.73 Å². The van der Waals surface area contributed by atoms with Crippen LogP contribution in [-0.4, -0.2) is 24.5 Å². The number of ether oxygens (including phenoxy) is 1. The van der Waals surface area contributed by atoms with Crippen LogP contribution in [0.3, 0.4) is 0 Å². The Morgan fingerprint density at radius 2 is 2.13 bits per heavy atom. The van der Waals surface area contributed by atoms with E-state index < -0.39 is 8.07 Å². The summed E-state index contributed by atoms with van der Waals surface area (Å²) in [4.78, 5) is 0. The molecule has 5 heteroatoms. The summed E-state index contributed by atoms with van der Waals surface area (Å²) >= 11 is 3.56. The Balaban J connectivity index is 1.64. The first-order valence-electron chi connectivity index (χ1n) is 8.02. The van der Waals surface area contributed by atoms with Gasteiger partial charge in [0.15, 0.2) is 0 Å². The van der Waals surface area contributed by atoms with Crippen LogP contribution in [0.5, 0.6) is 0 Å². The van der Waals surface area contributed by atoms with Crippen molar-refractivity contribution in [1.29, 1.82) is 0 Å². The molecule has 2 aromatic rings. The van der Waals surface area contributed by atoms with Gasteiger partial charge < -0.3 is 4.74 Å². The van der Waals surface area contributed by atoms with Crippen LogP contribution in [0.4, 0.5) is 0 Å². The summed E-state index contributed by atoms with van der Waals surface area (Å²) in [5.41, 5.74) is 5.12. The number of hydrogen-bond donors (Lipinski definition) is 0. The second-order valence-electron chi connectivity index (χ2n) is 7.24. The highest BCUT2D eigenvalue weighted by molar-refractivity contribution is 9.10. The summed E-state index contributed by atoms with van der Waals surface area (Å²) in [7, 11) is -1.02. The lowest BCUT2D eigenvalue weighted by Gasteiger charge is -2.15. The molecule has 0 N–H and O–H groups in total. The van der Waals surface area contributed by atoms with E-state index in [0.717, 1.165) is 23.1 Å². The van der Waals surface area contributed by atoms with Gasteiger partial charge in [0.05, 0.1) is 6.20 Å². The first-order chi connectivity index (χ1) is 10.9. The van der Waals surface area contributed by atoms with Crippen molar-refractivity contribution in [2.45, 2.75) is 38.8 Å². The van der Waals surface area contributed by atoms with Gasteiger partial charge in [-0.15, -0.1) is 0 Å². The molecule has 1 aromatic carbocycles. The molecule has 1 aromatic heterocycles. The fourth-order valence-electron chi connectivity index (χ4n) is 2.68. The van der Waals surface area contributed by atoms with Crippen molar-refractivity contribution in [2.75, 3.05) is 6.61 Å². The lowest BCUT2D eigenvalue weighted by Crippen LogP contribution is -2.22. The minimum Gasteiger partial charge on any atom is -0.360 e. The molecule has 1 aliphatic rings. The average Bonchev–Trinajstić information content (AvgIpc) is 3.08. The topological polar surface area (TPSA) is 27.1 Å². The third-order valence-corrected chi connectivity index (χ3v) is 6.25. The molecular weight excluding hydrogens is 368 g/mol. The summed E-state index contributed by atoms with van der Waals surface area (Å²) < 4.78 is 8.77. The minimum absolute atomic E-state index is 0.531. The molecule has 0 bridgehead atoms. The van der Waals surface area contributed by atoms with Crippen molar-refractivity contribution in [3.05, 3.63) is 57.8 Å². The molecule has 122 valence electrons. The fraction of sp³-hybridized carbons (Fsp3) is 0.389. The van der Waals surface area contributed by atoms with Crippen LogP contribution < -0.4 is 0 Å². The highest BCUT2D eigenvalue weighted by Gasteiger charge is 2.17. The van der Waals surface area contributed by atoms with E-state index in [9.17, 15) is 0 Å². The fourth-order valence-corrected chi connectivity index (χ4v) is 3.80. The molecule has 3 rings (SSSR count). The maximum absolute atomic E-state index is 5.77. The number of fused-ring (bicyclic) bond motifs is 1. The number of aromatic nitrogens is 2. The van der Waals surface area contributed by atoms with Crippen molar-refractivity contribution in [3.8, 4) is 0 Å². The smallest absolute Gasteiger partial charge is 0.139 e. The Bertz CT molecular complexity index is 731. The lowest BCUT2D eigenvalue weighted by molar-refractivity contribution is 0.0786. The predicted molar refractivity (Wildman–Crippen MR) is 101 cm³/mol. The minimum atomic E-state index is -1.02. The summed E-state index contributed by atoms with van der Waals surface area (Å²) in [5, 5.41) is 4.44. The van der Waals surface area contributed by atoms with Crippen LogP contribution in [0.1, 0.15) is 16.7 Å². The Morgan fingerprint density at radius 3 is 2.91 bits per heavy atom. The Morgan fingerprint density at radius 1 is 1.30 bits per heavy atom. The maximum Gasteiger partial charge on any atom is 0.139 e. The monoisotopic (exact) mass is 390 g/mol. The van der Waals surface area contributed by atoms with Gasteiger partial charge >= 0.3 is 0 Å². The average molecular weight is 391 g/mol. The van der Waals surface area contributed by atoms with Crippen molar-refractivity contribution in [1.82, 2.24) is 9.78 Å². The SMILES string of the molecule is C[Si](C)(C)CCOCn1cc(C2=CCc3ccc(Br)cc32)cn1. The normalized spacial score (nSPS) is 14.0. The molecule has 23 heavy (non-hydrogen) atoms. The Kier molecular flexibility index (Phi) is 4.89. The van der Waals surface area contributed by atoms with E-state index in [-0.39, 0.29) is 0 Å². The Labute approximate surface area is 147 Å². The second kappa shape index (κ2) is 6.75. The number of hydrogen-bond acceptors (Lipinski definition) is 2. The number of allylic oxidation sites excluding steroid dienone is 1. The van der Waals surface area contributed by atoms with Crippen molar-refractivity contribution < 1.29 is 4.74 Å². The molecule has 1 heterocycles. The molecule has 1 aliphatic carbocycles. The van der Waals surface area contributed by atoms with Crippen molar-refractivity contribution >= 4 is 29.6 Å². The molecule has 0 aliphatic heterocycles. The van der Waals surface area contributed by atoms with Gasteiger partial charge in [-0.05, 0) is 41.3 Å². The highest BCUT2D eigenvalue weighted by Crippen LogP contribution is 2.34. The molecule has 0 saturated carbocycles. The van der Waals surface area contributed by atoms with Crippen LogP contribution in [0.2, 0.25) is 25.7 Å². The van der Waals surface area contributed by atoms with Crippen LogP contribution in [0.15, 0.2) is 41.1 Å². The zero-order valence-electron chi connectivity index (χ0n) is 14.0. The molecule has 3 nitrogen and oxygen atoms in total. The predicted octanol–water partition coefficient (Wildman–Crippen LogP) is 4.95. The van der Waals surface area contributed by atoms with Gasteiger partial charge in [-0.2, -0.15) is 5.10 Å². The first kappa shape index (κ1) is 16.7. The molecule has 0 saturated heterocycles. The van der Waals surface area contributed by atoms with E-state index in [1.165, 1.54) is 22.7 Å². The molecule has 0 spiro atoms. The van der Waals surface area contributed by atoms with Crippen LogP contribution >= 0.6 is 15.9 Å². The molecule has 0 atom stereocenters. The number of rotatable bonds is 6. The van der Waals surface area contributed by atoms with E-state index in [4.69, 9.17) is 4.74 Å². The van der Waals surface area contributed by atoms with E-state index in [1.54, 1.807) is 0 Å². The zero-order valence-corrected chi connectivity index (χ0v) is 16.6. The zero-order chi connectivity index (χ0) is 16.4. The number of halogens is 1. The van der Waals surface area contributed by atoms with E-state index >= 15 is 0 Å². The van der Waals surface area contributed by atoms with Gasteiger partial charge in [0.25, 0.3) is 0 Å². The second-order valence-corrected chi connectivity index (χ2v) is 13.8. The summed E-state index contributed by atoms with van der Waals surface area (Å²) in [6.07, 6.45) is 7.29. The van der Waals surface area contributed by atoms with Gasteiger partial charge in [0, 0.05) is 30.9 Å². The first-order valence-corrected chi connectivity index (χ1v) is 12.5. The number of nitrogens with zero attached hydrogens (tertiary/aromatic N) is 2. The Hall–Kier alpha value is -1.17. The third-order valence-electron chi connectivity index (χ3n) is 4.05. The van der Waals surface area contributed by atoms with Gasteiger partial charge in [0.1, 0.15) is 6.73 Å². The van der Waals surface area contributed by atoms with E-state index in [1.807, 2.05) is 10.9 Å². The lowest BCUT2D eigenvalue weighted by atomic mass is 10.0. The van der Waals surface area contributed by atoms with Crippen LogP contribution in [0.25, 0.3) is 5.57 Å². The molecule has 0 unspecified atom stereocenters. The standard InChI is InChI=1S/C18H23BrN2OSi/c1-23(2,3)9-8-22-13-21-12-15(11-20-21)17-7-5-14-4-6-16(19)10-18(14)17/h4,6-7,10-12H,5,8-9,13H2,1-3H3. The summed E-state index contributed by atoms with van der Waals surface area (Å²) in [6.45, 7) is 8.45. The molecule has 0 fully saturated rings. The van der Waals surface area contributed by atoms with Gasteiger partial charge in [0.2, 0.25) is 0 Å². The van der Waals surface area contributed by atoms with Crippen LogP contribution in [0, 0.1) is 0 Å². The van der Waals surface area contributed by atoms with Crippen molar-refractivity contribution in [3.63, 3.8) is 0 Å². The highest BCUT2D eigenvalue weighted by atomic mass is 79.9. The number of benzene rings is 1. The molecule has 0 radical (unpaired) electrons. The summed E-state index contributed by atoms with van der Waals surface area (Å²) in [6, 6.07) is 7.67. The third kappa shape index (κ3) is 4.22. The van der Waals surface area contributed by atoms with Gasteiger partial charge in [-0.3, -0.25) is 0 Å². The molecular formula is C18H23BrN2OSi. The van der Waals surface area contributed by atoms with Gasteiger partial charge in [-0.25, -0.2) is 4.68 Å². The quantitative estimate of drug-likeness (QED) is 0.515. The van der Waals surface area contributed by atoms with E-state index in [2.05, 4.69) is 71.1 Å². The summed E-state index contributed by atoms with van der Waals surface area (Å²) in [5.74, 6) is 0. The largest absolute Gasteiger partial charge is 0.360 e. The van der Waals surface area contributed by atoms with Gasteiger partial charge in [-0.1, -0.05) is 47.7 Å². The van der Waals surface area contributed by atoms with Crippen LogP contribution in [-0.2, 0) is 17.9 Å². The van der Waals surface area contributed by atoms with Crippen molar-refractivity contribution in [2.24, 2.45) is 0 Å². The molecule has 0 amide bonds.